The molecule has 1 N–H and O–H groups in total. The molecule has 1 unspecified atom stereocenters. The quantitative estimate of drug-likeness (QED) is 0.621. The number of rotatable bonds is 1. The molecular formula is C15H16O4. The lowest BCUT2D eigenvalue weighted by Gasteiger charge is -2.29. The highest BCUT2D eigenvalue weighted by molar-refractivity contribution is 5.99. The van der Waals surface area contributed by atoms with Crippen LogP contribution in [-0.2, 0) is 24.0 Å². The van der Waals surface area contributed by atoms with Gasteiger partial charge in [-0.3, -0.25) is 4.79 Å². The molecule has 4 heteroatoms. The number of aromatic hydroxyl groups is 1. The number of hydrogen-bond acceptors (Lipinski definition) is 4. The zero-order valence-electron chi connectivity index (χ0n) is 10.9. The molecule has 0 fully saturated rings. The predicted molar refractivity (Wildman–Crippen MR) is 68.7 cm³/mol. The Bertz CT molecular complexity index is 574. The van der Waals surface area contributed by atoms with E-state index in [1.165, 1.54) is 0 Å². The van der Waals surface area contributed by atoms with Gasteiger partial charge in [-0.2, -0.15) is 0 Å². The number of cyclic esters (lactones) is 1. The third-order valence-electron chi connectivity index (χ3n) is 4.06. The summed E-state index contributed by atoms with van der Waals surface area (Å²) in [5.41, 5.74) is 3.13. The molecule has 2 aliphatic rings. The van der Waals surface area contributed by atoms with Crippen LogP contribution in [0.4, 0.5) is 0 Å². The van der Waals surface area contributed by atoms with E-state index in [0.717, 1.165) is 36.8 Å². The first kappa shape index (κ1) is 12.2. The molecule has 0 saturated heterocycles. The van der Waals surface area contributed by atoms with E-state index >= 15 is 0 Å². The molecule has 0 spiro atoms. The molecule has 0 amide bonds. The van der Waals surface area contributed by atoms with Crippen LogP contribution in [0.15, 0.2) is 0 Å². The summed E-state index contributed by atoms with van der Waals surface area (Å²) in [5, 5.41) is 10.3. The van der Waals surface area contributed by atoms with E-state index in [4.69, 9.17) is 4.74 Å². The maximum Gasteiger partial charge on any atom is 0.339 e. The van der Waals surface area contributed by atoms with Gasteiger partial charge in [0.25, 0.3) is 0 Å². The highest BCUT2D eigenvalue weighted by Gasteiger charge is 2.33. The van der Waals surface area contributed by atoms with Gasteiger partial charge in [-0.1, -0.05) is 0 Å². The molecule has 1 atom stereocenters. The summed E-state index contributed by atoms with van der Waals surface area (Å²) in [5.74, 6) is -0.277. The van der Waals surface area contributed by atoms with Gasteiger partial charge in [-0.15, -0.1) is 0 Å². The smallest absolute Gasteiger partial charge is 0.339 e. The fourth-order valence-corrected chi connectivity index (χ4v) is 3.22. The van der Waals surface area contributed by atoms with Crippen molar-refractivity contribution in [3.8, 4) is 5.75 Å². The first-order valence-electron chi connectivity index (χ1n) is 6.69. The molecule has 4 nitrogen and oxygen atoms in total. The molecule has 19 heavy (non-hydrogen) atoms. The lowest BCUT2D eigenvalue weighted by molar-refractivity contribution is 0.0298. The van der Waals surface area contributed by atoms with Crippen LogP contribution in [0.1, 0.15) is 57.2 Å². The van der Waals surface area contributed by atoms with Crippen LogP contribution in [0.2, 0.25) is 0 Å². The Labute approximate surface area is 111 Å². The number of benzene rings is 1. The Hall–Kier alpha value is -1.84. The third kappa shape index (κ3) is 1.74. The van der Waals surface area contributed by atoms with Gasteiger partial charge in [-0.25, -0.2) is 4.79 Å². The van der Waals surface area contributed by atoms with Crippen LogP contribution >= 0.6 is 0 Å². The zero-order chi connectivity index (χ0) is 13.6. The number of esters is 1. The standard InChI is InChI=1S/C15H16O4/c1-8-6-11-12(7-16)14(17)10-5-3-2-4-9(10)13(11)15(18)19-8/h7-8,17H,2-6H2,1H3. The Kier molecular flexibility index (Phi) is 2.81. The highest BCUT2D eigenvalue weighted by atomic mass is 16.5. The van der Waals surface area contributed by atoms with Crippen molar-refractivity contribution in [2.45, 2.75) is 45.1 Å². The Balaban J connectivity index is 2.33. The van der Waals surface area contributed by atoms with Crippen molar-refractivity contribution >= 4 is 12.3 Å². The molecule has 1 aliphatic carbocycles. The third-order valence-corrected chi connectivity index (χ3v) is 4.06. The summed E-state index contributed by atoms with van der Waals surface area (Å²) in [6.07, 6.45) is 4.38. The van der Waals surface area contributed by atoms with Crippen LogP contribution in [0.3, 0.4) is 0 Å². The molecule has 0 saturated carbocycles. The Morgan fingerprint density at radius 1 is 1.21 bits per heavy atom. The minimum atomic E-state index is -0.352. The first-order chi connectivity index (χ1) is 9.13. The maximum atomic E-state index is 12.1. The number of phenols is 1. The van der Waals surface area contributed by atoms with Crippen LogP contribution in [0.5, 0.6) is 5.75 Å². The van der Waals surface area contributed by atoms with Crippen molar-refractivity contribution in [2.24, 2.45) is 0 Å². The zero-order valence-corrected chi connectivity index (χ0v) is 10.9. The summed E-state index contributed by atoms with van der Waals surface area (Å²) in [6.45, 7) is 1.80. The highest BCUT2D eigenvalue weighted by Crippen LogP contribution is 2.39. The monoisotopic (exact) mass is 260 g/mol. The summed E-state index contributed by atoms with van der Waals surface area (Å²) in [4.78, 5) is 23.4. The second-order valence-electron chi connectivity index (χ2n) is 5.32. The van der Waals surface area contributed by atoms with Crippen molar-refractivity contribution in [3.05, 3.63) is 27.8 Å². The van der Waals surface area contributed by atoms with Crippen LogP contribution < -0.4 is 0 Å². The number of fused-ring (bicyclic) bond motifs is 3. The molecule has 3 rings (SSSR count). The Morgan fingerprint density at radius 3 is 2.58 bits per heavy atom. The number of hydrogen-bond donors (Lipinski definition) is 1. The molecule has 1 aliphatic heterocycles. The number of ether oxygens (including phenoxy) is 1. The number of carbonyl (C=O) groups excluding carboxylic acids is 2. The lowest BCUT2D eigenvalue weighted by atomic mass is 9.80. The van der Waals surface area contributed by atoms with Gasteiger partial charge in [0.05, 0.1) is 11.1 Å². The van der Waals surface area contributed by atoms with Gasteiger partial charge < -0.3 is 9.84 Å². The van der Waals surface area contributed by atoms with Gasteiger partial charge in [0.15, 0.2) is 6.29 Å². The molecule has 0 radical (unpaired) electrons. The van der Waals surface area contributed by atoms with E-state index in [9.17, 15) is 14.7 Å². The minimum absolute atomic E-state index is 0.0744. The fourth-order valence-electron chi connectivity index (χ4n) is 3.22. The number of phenolic OH excluding ortho intramolecular Hbond substituents is 1. The number of aldehydes is 1. The minimum Gasteiger partial charge on any atom is -0.507 e. The van der Waals surface area contributed by atoms with Gasteiger partial charge in [0.1, 0.15) is 11.9 Å². The van der Waals surface area contributed by atoms with E-state index in [2.05, 4.69) is 0 Å². The topological polar surface area (TPSA) is 63.6 Å². The summed E-state index contributed by atoms with van der Waals surface area (Å²) >= 11 is 0. The van der Waals surface area contributed by atoms with Crippen LogP contribution in [-0.4, -0.2) is 23.5 Å². The van der Waals surface area contributed by atoms with Crippen LogP contribution in [0, 0.1) is 0 Å². The van der Waals surface area contributed by atoms with Gasteiger partial charge in [0.2, 0.25) is 0 Å². The van der Waals surface area contributed by atoms with Gasteiger partial charge in [-0.05, 0) is 49.3 Å². The fraction of sp³-hybridized carbons (Fsp3) is 0.467. The predicted octanol–water partition coefficient (Wildman–Crippen LogP) is 2.18. The molecule has 100 valence electrons. The molecule has 1 aromatic rings. The van der Waals surface area contributed by atoms with Gasteiger partial charge >= 0.3 is 5.97 Å². The summed E-state index contributed by atoms with van der Waals surface area (Å²) < 4.78 is 5.28. The average molecular weight is 260 g/mol. The molecular weight excluding hydrogens is 244 g/mol. The number of carbonyl (C=O) groups is 2. The van der Waals surface area contributed by atoms with E-state index in [1.54, 1.807) is 6.92 Å². The summed E-state index contributed by atoms with van der Waals surface area (Å²) in [7, 11) is 0. The van der Waals surface area contributed by atoms with E-state index in [-0.39, 0.29) is 23.4 Å². The molecule has 0 aromatic heterocycles. The van der Waals surface area contributed by atoms with Crippen molar-refractivity contribution < 1.29 is 19.4 Å². The molecule has 0 bridgehead atoms. The van der Waals surface area contributed by atoms with E-state index in [1.807, 2.05) is 0 Å². The first-order valence-corrected chi connectivity index (χ1v) is 6.69. The maximum absolute atomic E-state index is 12.1. The summed E-state index contributed by atoms with van der Waals surface area (Å²) in [6, 6.07) is 0. The Morgan fingerprint density at radius 2 is 1.89 bits per heavy atom. The van der Waals surface area contributed by atoms with Crippen molar-refractivity contribution in [1.82, 2.24) is 0 Å². The molecule has 1 heterocycles. The second-order valence-corrected chi connectivity index (χ2v) is 5.32. The largest absolute Gasteiger partial charge is 0.507 e. The van der Waals surface area contributed by atoms with E-state index in [0.29, 0.717) is 23.8 Å². The molecule has 1 aromatic carbocycles. The van der Waals surface area contributed by atoms with Crippen molar-refractivity contribution in [3.63, 3.8) is 0 Å². The normalized spacial score (nSPS) is 21.3. The van der Waals surface area contributed by atoms with Gasteiger partial charge in [0, 0.05) is 6.42 Å². The SMILES string of the molecule is CC1Cc2c(C=O)c(O)c3c(c2C(=O)O1)CCCC3. The lowest BCUT2D eigenvalue weighted by Crippen LogP contribution is -2.29. The average Bonchev–Trinajstić information content (AvgIpc) is 2.38. The van der Waals surface area contributed by atoms with Crippen LogP contribution in [0.25, 0.3) is 0 Å². The second kappa shape index (κ2) is 4.37. The van der Waals surface area contributed by atoms with E-state index < -0.39 is 0 Å². The van der Waals surface area contributed by atoms with Crippen molar-refractivity contribution in [1.29, 1.82) is 0 Å². The van der Waals surface area contributed by atoms with Crippen molar-refractivity contribution in [2.75, 3.05) is 0 Å².